The van der Waals surface area contributed by atoms with Crippen LogP contribution in [0.3, 0.4) is 0 Å². The molecule has 0 aliphatic heterocycles. The molecule has 2 rings (SSSR count). The number of anilines is 1. The quantitative estimate of drug-likeness (QED) is 0.880. The highest BCUT2D eigenvalue weighted by Crippen LogP contribution is 2.28. The summed E-state index contributed by atoms with van der Waals surface area (Å²) in [6.45, 7) is 6.57. The summed E-state index contributed by atoms with van der Waals surface area (Å²) in [5.41, 5.74) is 0.892. The van der Waals surface area contributed by atoms with Gasteiger partial charge in [-0.2, -0.15) is 4.98 Å². The smallest absolute Gasteiger partial charge is 0.227 e. The first kappa shape index (κ1) is 15.1. The van der Waals surface area contributed by atoms with Crippen LogP contribution in [0.25, 0.3) is 0 Å². The zero-order chi connectivity index (χ0) is 15.2. The van der Waals surface area contributed by atoms with E-state index in [2.05, 4.69) is 15.3 Å². The third kappa shape index (κ3) is 3.62. The van der Waals surface area contributed by atoms with Crippen molar-refractivity contribution in [3.8, 4) is 17.4 Å². The Morgan fingerprint density at radius 1 is 1.05 bits per heavy atom. The van der Waals surface area contributed by atoms with Crippen molar-refractivity contribution in [1.29, 1.82) is 0 Å². The number of aromatic nitrogens is 2. The topological polar surface area (TPSA) is 56.3 Å². The average molecular weight is 287 g/mol. The summed E-state index contributed by atoms with van der Waals surface area (Å²) in [4.78, 5) is 8.88. The molecule has 0 fully saturated rings. The highest BCUT2D eigenvalue weighted by atomic mass is 16.5. The van der Waals surface area contributed by atoms with E-state index in [1.54, 1.807) is 0 Å². The van der Waals surface area contributed by atoms with E-state index < -0.39 is 0 Å². The Kier molecular flexibility index (Phi) is 4.98. The fraction of sp³-hybridized carbons (Fsp3) is 0.375. The number of aryl methyl sites for hydroxylation is 1. The first-order valence-corrected chi connectivity index (χ1v) is 7.13. The molecule has 0 saturated heterocycles. The predicted molar refractivity (Wildman–Crippen MR) is 83.4 cm³/mol. The van der Waals surface area contributed by atoms with Crippen molar-refractivity contribution in [2.45, 2.75) is 27.2 Å². The van der Waals surface area contributed by atoms with Gasteiger partial charge in [0.1, 0.15) is 23.1 Å². The second kappa shape index (κ2) is 6.92. The summed E-state index contributed by atoms with van der Waals surface area (Å²) in [7, 11) is 1.84. The molecular weight excluding hydrogens is 266 g/mol. The van der Waals surface area contributed by atoms with Crippen LogP contribution in [0.1, 0.15) is 25.2 Å². The molecule has 0 aliphatic carbocycles. The molecule has 1 aromatic carbocycles. The van der Waals surface area contributed by atoms with E-state index in [-0.39, 0.29) is 0 Å². The standard InChI is InChI=1S/C16H21N3O2/c1-5-14-18-15(17-4)11(3)16(19-14)21-13-9-7-12(8-10-13)20-6-2/h7-10H,5-6H2,1-4H3,(H,17,18,19). The minimum Gasteiger partial charge on any atom is -0.494 e. The molecule has 1 aromatic heterocycles. The van der Waals surface area contributed by atoms with Gasteiger partial charge in [-0.3, -0.25) is 0 Å². The van der Waals surface area contributed by atoms with Crippen LogP contribution < -0.4 is 14.8 Å². The van der Waals surface area contributed by atoms with Crippen LogP contribution in [0, 0.1) is 6.92 Å². The lowest BCUT2D eigenvalue weighted by molar-refractivity contribution is 0.339. The molecule has 0 aliphatic rings. The van der Waals surface area contributed by atoms with Crippen LogP contribution >= 0.6 is 0 Å². The lowest BCUT2D eigenvalue weighted by atomic mass is 10.3. The Morgan fingerprint density at radius 2 is 1.71 bits per heavy atom. The normalized spacial score (nSPS) is 10.3. The largest absolute Gasteiger partial charge is 0.494 e. The van der Waals surface area contributed by atoms with Gasteiger partial charge < -0.3 is 14.8 Å². The molecule has 0 unspecified atom stereocenters. The van der Waals surface area contributed by atoms with Gasteiger partial charge in [-0.05, 0) is 38.1 Å². The van der Waals surface area contributed by atoms with E-state index in [0.29, 0.717) is 12.5 Å². The van der Waals surface area contributed by atoms with Gasteiger partial charge in [-0.25, -0.2) is 4.98 Å². The van der Waals surface area contributed by atoms with Gasteiger partial charge in [-0.15, -0.1) is 0 Å². The van der Waals surface area contributed by atoms with E-state index in [9.17, 15) is 0 Å². The summed E-state index contributed by atoms with van der Waals surface area (Å²) >= 11 is 0. The predicted octanol–water partition coefficient (Wildman–Crippen LogP) is 3.58. The van der Waals surface area contributed by atoms with E-state index in [1.165, 1.54) is 0 Å². The first-order valence-electron chi connectivity index (χ1n) is 7.13. The van der Waals surface area contributed by atoms with Gasteiger partial charge >= 0.3 is 0 Å². The molecule has 0 saturated carbocycles. The number of ether oxygens (including phenoxy) is 2. The molecule has 1 heterocycles. The Balaban J connectivity index is 2.25. The monoisotopic (exact) mass is 287 g/mol. The molecule has 2 aromatic rings. The Labute approximate surface area is 125 Å². The van der Waals surface area contributed by atoms with Crippen LogP contribution in [0.4, 0.5) is 5.82 Å². The second-order valence-electron chi connectivity index (χ2n) is 4.53. The van der Waals surface area contributed by atoms with E-state index in [4.69, 9.17) is 9.47 Å². The van der Waals surface area contributed by atoms with Crippen molar-refractivity contribution < 1.29 is 9.47 Å². The number of hydrogen-bond donors (Lipinski definition) is 1. The molecule has 0 amide bonds. The van der Waals surface area contributed by atoms with Crippen molar-refractivity contribution in [2.75, 3.05) is 19.0 Å². The number of nitrogens with zero attached hydrogens (tertiary/aromatic N) is 2. The maximum atomic E-state index is 5.88. The van der Waals surface area contributed by atoms with Gasteiger partial charge in [0.25, 0.3) is 0 Å². The lowest BCUT2D eigenvalue weighted by Gasteiger charge is -2.12. The molecular formula is C16H21N3O2. The SMILES string of the molecule is CCOc1ccc(Oc2nc(CC)nc(NC)c2C)cc1. The van der Waals surface area contributed by atoms with Crippen molar-refractivity contribution in [1.82, 2.24) is 9.97 Å². The van der Waals surface area contributed by atoms with E-state index in [1.807, 2.05) is 52.1 Å². The maximum Gasteiger partial charge on any atom is 0.227 e. The highest BCUT2D eigenvalue weighted by Gasteiger charge is 2.11. The summed E-state index contributed by atoms with van der Waals surface area (Å²) in [6, 6.07) is 7.51. The molecule has 21 heavy (non-hydrogen) atoms. The summed E-state index contributed by atoms with van der Waals surface area (Å²) in [6.07, 6.45) is 0.759. The number of benzene rings is 1. The van der Waals surface area contributed by atoms with E-state index >= 15 is 0 Å². The van der Waals surface area contributed by atoms with Gasteiger partial charge in [-0.1, -0.05) is 6.92 Å². The van der Waals surface area contributed by atoms with Crippen molar-refractivity contribution in [3.63, 3.8) is 0 Å². The number of nitrogens with one attached hydrogen (secondary N) is 1. The first-order chi connectivity index (χ1) is 10.2. The lowest BCUT2D eigenvalue weighted by Crippen LogP contribution is -2.04. The Bertz CT molecular complexity index is 597. The zero-order valence-electron chi connectivity index (χ0n) is 12.9. The van der Waals surface area contributed by atoms with Crippen molar-refractivity contribution >= 4 is 5.82 Å². The van der Waals surface area contributed by atoms with Gasteiger partial charge in [0.2, 0.25) is 5.88 Å². The molecule has 112 valence electrons. The average Bonchev–Trinajstić information content (AvgIpc) is 2.51. The fourth-order valence-corrected chi connectivity index (χ4v) is 1.92. The van der Waals surface area contributed by atoms with Gasteiger partial charge in [0, 0.05) is 13.5 Å². The fourth-order valence-electron chi connectivity index (χ4n) is 1.92. The minimum absolute atomic E-state index is 0.579. The van der Waals surface area contributed by atoms with Gasteiger partial charge in [0.15, 0.2) is 0 Å². The van der Waals surface area contributed by atoms with Crippen LogP contribution in [0.15, 0.2) is 24.3 Å². The molecule has 5 nitrogen and oxygen atoms in total. The van der Waals surface area contributed by atoms with Gasteiger partial charge in [0.05, 0.1) is 12.2 Å². The third-order valence-electron chi connectivity index (χ3n) is 3.05. The second-order valence-corrected chi connectivity index (χ2v) is 4.53. The Morgan fingerprint density at radius 3 is 2.29 bits per heavy atom. The number of rotatable bonds is 6. The summed E-state index contributed by atoms with van der Waals surface area (Å²) < 4.78 is 11.3. The van der Waals surface area contributed by atoms with Crippen LogP contribution in [0.5, 0.6) is 17.4 Å². The minimum atomic E-state index is 0.579. The van der Waals surface area contributed by atoms with Crippen molar-refractivity contribution in [2.24, 2.45) is 0 Å². The molecule has 1 N–H and O–H groups in total. The third-order valence-corrected chi connectivity index (χ3v) is 3.05. The Hall–Kier alpha value is -2.30. The highest BCUT2D eigenvalue weighted by molar-refractivity contribution is 5.49. The van der Waals surface area contributed by atoms with E-state index in [0.717, 1.165) is 35.1 Å². The zero-order valence-corrected chi connectivity index (χ0v) is 12.9. The molecule has 0 bridgehead atoms. The molecule has 5 heteroatoms. The van der Waals surface area contributed by atoms with Crippen LogP contribution in [0.2, 0.25) is 0 Å². The molecule has 0 atom stereocenters. The number of hydrogen-bond acceptors (Lipinski definition) is 5. The maximum absolute atomic E-state index is 5.88. The molecule has 0 radical (unpaired) electrons. The summed E-state index contributed by atoms with van der Waals surface area (Å²) in [5.74, 6) is 3.68. The van der Waals surface area contributed by atoms with Crippen LogP contribution in [-0.4, -0.2) is 23.6 Å². The molecule has 0 spiro atoms. The van der Waals surface area contributed by atoms with Crippen molar-refractivity contribution in [3.05, 3.63) is 35.7 Å². The summed E-state index contributed by atoms with van der Waals surface area (Å²) in [5, 5.41) is 3.07. The van der Waals surface area contributed by atoms with Crippen LogP contribution in [-0.2, 0) is 6.42 Å².